The van der Waals surface area contributed by atoms with Gasteiger partial charge in [0, 0.05) is 11.5 Å². The number of aromatic nitrogens is 2. The molecule has 1 aromatic rings. The lowest BCUT2D eigenvalue weighted by Gasteiger charge is -2.18. The number of carboxylic acids is 1. The van der Waals surface area contributed by atoms with Crippen molar-refractivity contribution in [3.05, 3.63) is 11.9 Å². The topological polar surface area (TPSA) is 101 Å². The van der Waals surface area contributed by atoms with Crippen molar-refractivity contribution in [1.29, 1.82) is 0 Å². The number of nitrogens with one attached hydrogen (secondary N) is 1. The van der Waals surface area contributed by atoms with Crippen LogP contribution in [0.1, 0.15) is 65.6 Å². The first-order chi connectivity index (χ1) is 11.2. The van der Waals surface area contributed by atoms with Crippen LogP contribution in [-0.4, -0.2) is 32.1 Å². The van der Waals surface area contributed by atoms with Crippen LogP contribution >= 0.6 is 11.5 Å². The van der Waals surface area contributed by atoms with E-state index >= 15 is 0 Å². The molecule has 1 rings (SSSR count). The fourth-order valence-electron chi connectivity index (χ4n) is 1.87. The maximum Gasteiger partial charge on any atom is 0.414 e. The molecule has 0 aliphatic rings. The molecule has 8 heteroatoms. The molecule has 2 N–H and O–H groups in total. The number of carboxylic acid groups (broad SMARTS) is 1. The summed E-state index contributed by atoms with van der Waals surface area (Å²) in [7, 11) is 0. The molecule has 0 radical (unpaired) electrons. The second kappa shape index (κ2) is 9.36. The number of anilines is 1. The summed E-state index contributed by atoms with van der Waals surface area (Å²) in [6.45, 7) is 7.38. The van der Waals surface area contributed by atoms with E-state index in [1.165, 1.54) is 0 Å². The lowest BCUT2D eigenvalue weighted by molar-refractivity contribution is -0.130. The predicted molar refractivity (Wildman–Crippen MR) is 94.1 cm³/mol. The van der Waals surface area contributed by atoms with E-state index in [1.54, 1.807) is 26.8 Å². The molecule has 134 valence electrons. The Labute approximate surface area is 146 Å². The van der Waals surface area contributed by atoms with Gasteiger partial charge in [-0.15, -0.1) is 0 Å². The highest BCUT2D eigenvalue weighted by Crippen LogP contribution is 2.20. The third-order valence-corrected chi connectivity index (χ3v) is 3.54. The Kier molecular flexibility index (Phi) is 7.84. The lowest BCUT2D eigenvalue weighted by atomic mass is 10.1. The largest absolute Gasteiger partial charge is 0.478 e. The molecule has 0 aromatic carbocycles. The highest BCUT2D eigenvalue weighted by atomic mass is 32.1. The summed E-state index contributed by atoms with van der Waals surface area (Å²) in [6.07, 6.45) is 5.91. The minimum Gasteiger partial charge on any atom is -0.478 e. The first-order valence-electron chi connectivity index (χ1n) is 8.00. The standard InChI is InChI=1S/C16H25N3O4S/c1-5-6-7-8-9-10-11(13(20)21)12-17-14(24-19-12)18-15(22)23-16(2,3)4/h10H,5-9H2,1-4H3,(H,20,21)(H,17,18,19,22). The van der Waals surface area contributed by atoms with Crippen LogP contribution in [0.4, 0.5) is 9.93 Å². The summed E-state index contributed by atoms with van der Waals surface area (Å²) >= 11 is 0.920. The number of allylic oxidation sites excluding steroid dienone is 1. The van der Waals surface area contributed by atoms with Crippen LogP contribution in [0, 0.1) is 0 Å². The van der Waals surface area contributed by atoms with Crippen molar-refractivity contribution in [3.8, 4) is 0 Å². The van der Waals surface area contributed by atoms with E-state index in [0.717, 1.165) is 37.2 Å². The minimum absolute atomic E-state index is 0.0555. The van der Waals surface area contributed by atoms with Crippen molar-refractivity contribution in [3.63, 3.8) is 0 Å². The molecule has 1 aromatic heterocycles. The molecule has 0 fully saturated rings. The number of unbranched alkanes of at least 4 members (excludes halogenated alkanes) is 4. The molecule has 0 spiro atoms. The van der Waals surface area contributed by atoms with E-state index in [9.17, 15) is 14.7 Å². The Morgan fingerprint density at radius 1 is 1.29 bits per heavy atom. The maximum atomic E-state index is 11.7. The summed E-state index contributed by atoms with van der Waals surface area (Å²) in [5, 5.41) is 12.0. The van der Waals surface area contributed by atoms with Gasteiger partial charge in [0.25, 0.3) is 0 Å². The van der Waals surface area contributed by atoms with Crippen LogP contribution in [0.25, 0.3) is 5.57 Å². The number of hydrogen-bond acceptors (Lipinski definition) is 6. The van der Waals surface area contributed by atoms with Gasteiger partial charge in [-0.1, -0.05) is 32.3 Å². The SMILES string of the molecule is CCCCCCC=C(C(=O)O)c1nsc(NC(=O)OC(C)(C)C)n1. The average molecular weight is 355 g/mol. The van der Waals surface area contributed by atoms with Crippen LogP contribution in [0.5, 0.6) is 0 Å². The van der Waals surface area contributed by atoms with Crippen molar-refractivity contribution in [2.45, 2.75) is 65.4 Å². The molecule has 1 heterocycles. The maximum absolute atomic E-state index is 11.7. The molecular weight excluding hydrogens is 330 g/mol. The third-order valence-electron chi connectivity index (χ3n) is 2.91. The van der Waals surface area contributed by atoms with E-state index in [2.05, 4.69) is 21.6 Å². The smallest absolute Gasteiger partial charge is 0.414 e. The fourth-order valence-corrected chi connectivity index (χ4v) is 2.43. The number of hydrogen-bond donors (Lipinski definition) is 2. The highest BCUT2D eigenvalue weighted by Gasteiger charge is 2.20. The Morgan fingerprint density at radius 3 is 2.58 bits per heavy atom. The quantitative estimate of drug-likeness (QED) is 0.532. The van der Waals surface area contributed by atoms with Crippen molar-refractivity contribution >= 4 is 34.3 Å². The molecule has 0 aliphatic carbocycles. The first kappa shape index (κ1) is 20.1. The van der Waals surface area contributed by atoms with Gasteiger partial charge in [-0.3, -0.25) is 5.32 Å². The van der Waals surface area contributed by atoms with Gasteiger partial charge < -0.3 is 9.84 Å². The molecule has 0 unspecified atom stereocenters. The van der Waals surface area contributed by atoms with E-state index in [1.807, 2.05) is 0 Å². The van der Waals surface area contributed by atoms with E-state index in [-0.39, 0.29) is 16.5 Å². The monoisotopic (exact) mass is 355 g/mol. The summed E-state index contributed by atoms with van der Waals surface area (Å²) in [5.41, 5.74) is -0.567. The fraction of sp³-hybridized carbons (Fsp3) is 0.625. The Hall–Kier alpha value is -1.96. The molecule has 0 bridgehead atoms. The molecule has 0 atom stereocenters. The zero-order valence-electron chi connectivity index (χ0n) is 14.6. The number of amides is 1. The van der Waals surface area contributed by atoms with Crippen LogP contribution in [-0.2, 0) is 9.53 Å². The van der Waals surface area contributed by atoms with Crippen molar-refractivity contribution < 1.29 is 19.4 Å². The molecular formula is C16H25N3O4S. The van der Waals surface area contributed by atoms with Gasteiger partial charge in [-0.05, 0) is 33.6 Å². The number of carbonyl (C=O) groups is 2. The number of carbonyl (C=O) groups excluding carboxylic acids is 1. The summed E-state index contributed by atoms with van der Waals surface area (Å²) in [4.78, 5) is 27.1. The summed E-state index contributed by atoms with van der Waals surface area (Å²) in [6, 6.07) is 0. The van der Waals surface area contributed by atoms with Gasteiger partial charge in [0.15, 0.2) is 5.82 Å². The normalized spacial score (nSPS) is 12.1. The van der Waals surface area contributed by atoms with Crippen LogP contribution < -0.4 is 5.32 Å². The number of ether oxygens (including phenoxy) is 1. The van der Waals surface area contributed by atoms with Crippen molar-refractivity contribution in [2.24, 2.45) is 0 Å². The first-order valence-corrected chi connectivity index (χ1v) is 8.78. The van der Waals surface area contributed by atoms with Gasteiger partial charge in [0.05, 0.1) is 0 Å². The van der Waals surface area contributed by atoms with Gasteiger partial charge in [-0.2, -0.15) is 9.36 Å². The van der Waals surface area contributed by atoms with Gasteiger partial charge >= 0.3 is 12.1 Å². The second-order valence-electron chi connectivity index (χ2n) is 6.32. The van der Waals surface area contributed by atoms with E-state index in [4.69, 9.17) is 4.74 Å². The molecule has 24 heavy (non-hydrogen) atoms. The second-order valence-corrected chi connectivity index (χ2v) is 7.07. The molecule has 1 amide bonds. The molecule has 7 nitrogen and oxygen atoms in total. The van der Waals surface area contributed by atoms with Crippen LogP contribution in [0.2, 0.25) is 0 Å². The third kappa shape index (κ3) is 7.54. The molecule has 0 saturated heterocycles. The Bertz CT molecular complexity index is 590. The Balaban J connectivity index is 2.70. The summed E-state index contributed by atoms with van der Waals surface area (Å²) in [5.74, 6) is -0.971. The lowest BCUT2D eigenvalue weighted by Crippen LogP contribution is -2.27. The minimum atomic E-state index is -1.08. The van der Waals surface area contributed by atoms with Gasteiger partial charge in [-0.25, -0.2) is 9.59 Å². The zero-order valence-corrected chi connectivity index (χ0v) is 15.4. The summed E-state index contributed by atoms with van der Waals surface area (Å²) < 4.78 is 9.13. The average Bonchev–Trinajstić information content (AvgIpc) is 2.88. The van der Waals surface area contributed by atoms with Crippen LogP contribution in [0.3, 0.4) is 0 Å². The van der Waals surface area contributed by atoms with Crippen molar-refractivity contribution in [2.75, 3.05) is 5.32 Å². The van der Waals surface area contributed by atoms with E-state index < -0.39 is 17.7 Å². The van der Waals surface area contributed by atoms with Crippen LogP contribution in [0.15, 0.2) is 6.08 Å². The number of aliphatic carboxylic acids is 1. The molecule has 0 saturated carbocycles. The predicted octanol–water partition coefficient (Wildman–Crippen LogP) is 4.32. The Morgan fingerprint density at radius 2 is 2.00 bits per heavy atom. The van der Waals surface area contributed by atoms with Gasteiger partial charge in [0.2, 0.25) is 5.13 Å². The molecule has 0 aliphatic heterocycles. The van der Waals surface area contributed by atoms with Gasteiger partial charge in [0.1, 0.15) is 11.2 Å². The van der Waals surface area contributed by atoms with Crippen molar-refractivity contribution in [1.82, 2.24) is 9.36 Å². The zero-order chi connectivity index (χ0) is 18.2. The van der Waals surface area contributed by atoms with E-state index in [0.29, 0.717) is 6.42 Å². The number of nitrogens with zero attached hydrogens (tertiary/aromatic N) is 2. The highest BCUT2D eigenvalue weighted by molar-refractivity contribution is 7.10. The number of rotatable bonds is 8.